The van der Waals surface area contributed by atoms with E-state index >= 15 is 0 Å². The first-order valence-electron chi connectivity index (χ1n) is 10.1. The fourth-order valence-corrected chi connectivity index (χ4v) is 3.41. The van der Waals surface area contributed by atoms with Crippen molar-refractivity contribution >= 4 is 50.8 Å². The predicted octanol–water partition coefficient (Wildman–Crippen LogP) is 4.78. The van der Waals surface area contributed by atoms with Gasteiger partial charge in [0.05, 0.1) is 11.1 Å². The maximum Gasteiger partial charge on any atom is 0.257 e. The maximum absolute atomic E-state index is 12.5. The molecule has 8 heteroatoms. The van der Waals surface area contributed by atoms with Crippen molar-refractivity contribution < 1.29 is 14.3 Å². The molecule has 166 valence electrons. The van der Waals surface area contributed by atoms with Crippen molar-refractivity contribution in [3.8, 4) is 5.75 Å². The molecular formula is C23H28BrN3O3S. The molecule has 2 amide bonds. The van der Waals surface area contributed by atoms with E-state index in [1.165, 1.54) is 0 Å². The van der Waals surface area contributed by atoms with Gasteiger partial charge in [-0.05, 0) is 76.9 Å². The van der Waals surface area contributed by atoms with Gasteiger partial charge in [-0.15, -0.1) is 0 Å². The molecule has 0 radical (unpaired) electrons. The van der Waals surface area contributed by atoms with E-state index in [-0.39, 0.29) is 16.9 Å². The van der Waals surface area contributed by atoms with Gasteiger partial charge in [0.25, 0.3) is 5.91 Å². The number of nitrogens with one attached hydrogen (secondary N) is 2. The normalized spacial score (nSPS) is 10.3. The lowest BCUT2D eigenvalue weighted by molar-refractivity contribution is -0.128. The van der Waals surface area contributed by atoms with Crippen molar-refractivity contribution in [2.45, 2.75) is 32.6 Å². The molecule has 6 nitrogen and oxygen atoms in total. The molecule has 2 aromatic carbocycles. The zero-order valence-electron chi connectivity index (χ0n) is 18.0. The Hall–Kier alpha value is -2.45. The van der Waals surface area contributed by atoms with Crippen LogP contribution in [0.2, 0.25) is 0 Å². The van der Waals surface area contributed by atoms with Crippen LogP contribution in [0.3, 0.4) is 0 Å². The summed E-state index contributed by atoms with van der Waals surface area (Å²) in [5.41, 5.74) is 2.23. The lowest BCUT2D eigenvalue weighted by Gasteiger charge is -2.13. The molecule has 2 rings (SSSR count). The second-order valence-corrected chi connectivity index (χ2v) is 8.51. The van der Waals surface area contributed by atoms with Crippen LogP contribution in [-0.4, -0.2) is 42.5 Å². The van der Waals surface area contributed by atoms with Gasteiger partial charge in [0.15, 0.2) is 5.11 Å². The average molecular weight is 506 g/mol. The molecule has 0 bridgehead atoms. The number of carbonyl (C=O) groups excluding carboxylic acids is 2. The number of halogens is 1. The summed E-state index contributed by atoms with van der Waals surface area (Å²) in [7, 11) is 3.49. The van der Waals surface area contributed by atoms with Crippen LogP contribution >= 0.6 is 28.1 Å². The highest BCUT2D eigenvalue weighted by atomic mass is 79.9. The minimum absolute atomic E-state index is 0.0779. The van der Waals surface area contributed by atoms with Crippen molar-refractivity contribution in [3.05, 3.63) is 58.1 Å². The summed E-state index contributed by atoms with van der Waals surface area (Å²) in [5.74, 6) is 0.468. The number of nitrogens with zero attached hydrogens (tertiary/aromatic N) is 1. The molecule has 0 aliphatic rings. The Balaban J connectivity index is 1.92. The minimum Gasteiger partial charge on any atom is -0.492 e. The van der Waals surface area contributed by atoms with Crippen LogP contribution in [0.1, 0.15) is 42.1 Å². The Bertz CT molecular complexity index is 934. The van der Waals surface area contributed by atoms with Crippen molar-refractivity contribution in [1.82, 2.24) is 10.2 Å². The number of anilines is 1. The van der Waals surface area contributed by atoms with E-state index < -0.39 is 0 Å². The third-order valence-electron chi connectivity index (χ3n) is 4.49. The third-order valence-corrected chi connectivity index (χ3v) is 5.31. The van der Waals surface area contributed by atoms with Crippen LogP contribution in [0.4, 0.5) is 5.69 Å². The summed E-state index contributed by atoms with van der Waals surface area (Å²) in [4.78, 5) is 25.9. The summed E-state index contributed by atoms with van der Waals surface area (Å²) in [5, 5.41) is 5.91. The SMILES string of the molecule is CCCCOc1ccc(C(=O)NC(=S)Nc2cccc(CCC(=O)N(C)C)c2)cc1Br. The van der Waals surface area contributed by atoms with Crippen LogP contribution in [0, 0.1) is 0 Å². The van der Waals surface area contributed by atoms with E-state index in [0.29, 0.717) is 30.8 Å². The van der Waals surface area contributed by atoms with Crippen molar-refractivity contribution in [3.63, 3.8) is 0 Å². The van der Waals surface area contributed by atoms with Crippen molar-refractivity contribution in [2.24, 2.45) is 0 Å². The molecule has 2 aromatic rings. The fraction of sp³-hybridized carbons (Fsp3) is 0.348. The van der Waals surface area contributed by atoms with Crippen LogP contribution in [-0.2, 0) is 11.2 Å². The first kappa shape index (κ1) is 24.8. The number of hydrogen-bond donors (Lipinski definition) is 2. The Kier molecular flexibility index (Phi) is 9.94. The lowest BCUT2D eigenvalue weighted by atomic mass is 10.1. The highest BCUT2D eigenvalue weighted by molar-refractivity contribution is 9.10. The quantitative estimate of drug-likeness (QED) is 0.379. The largest absolute Gasteiger partial charge is 0.492 e. The number of benzene rings is 2. The topological polar surface area (TPSA) is 70.7 Å². The number of unbranched alkanes of at least 4 members (excludes halogenated alkanes) is 1. The van der Waals surface area contributed by atoms with Gasteiger partial charge in [-0.1, -0.05) is 25.5 Å². The molecule has 0 aromatic heterocycles. The summed E-state index contributed by atoms with van der Waals surface area (Å²) in [6.07, 6.45) is 3.10. The van der Waals surface area contributed by atoms with E-state index in [0.717, 1.165) is 28.6 Å². The smallest absolute Gasteiger partial charge is 0.257 e. The number of aryl methyl sites for hydroxylation is 1. The summed E-state index contributed by atoms with van der Waals surface area (Å²) >= 11 is 8.73. The summed E-state index contributed by atoms with van der Waals surface area (Å²) in [6.45, 7) is 2.74. The number of carbonyl (C=O) groups is 2. The van der Waals surface area contributed by atoms with Gasteiger partial charge in [0, 0.05) is 31.8 Å². The Morgan fingerprint density at radius 3 is 2.61 bits per heavy atom. The molecule has 2 N–H and O–H groups in total. The van der Waals surface area contributed by atoms with Crippen LogP contribution in [0.25, 0.3) is 0 Å². The third kappa shape index (κ3) is 8.30. The van der Waals surface area contributed by atoms with Crippen LogP contribution in [0.5, 0.6) is 5.75 Å². The Morgan fingerprint density at radius 1 is 1.16 bits per heavy atom. The van der Waals surface area contributed by atoms with Crippen LogP contribution in [0.15, 0.2) is 46.9 Å². The Labute approximate surface area is 197 Å². The van der Waals surface area contributed by atoms with Crippen LogP contribution < -0.4 is 15.4 Å². The zero-order chi connectivity index (χ0) is 22.8. The first-order chi connectivity index (χ1) is 14.8. The molecule has 0 aliphatic heterocycles. The number of thiocarbonyl (C=S) groups is 1. The molecule has 0 spiro atoms. The van der Waals surface area contributed by atoms with Crippen molar-refractivity contribution in [1.29, 1.82) is 0 Å². The molecule has 0 saturated heterocycles. The number of ether oxygens (including phenoxy) is 1. The maximum atomic E-state index is 12.5. The van der Waals surface area contributed by atoms with E-state index in [1.807, 2.05) is 24.3 Å². The predicted molar refractivity (Wildman–Crippen MR) is 132 cm³/mol. The van der Waals surface area contributed by atoms with Crippen molar-refractivity contribution in [2.75, 3.05) is 26.0 Å². The molecule has 0 aliphatic carbocycles. The second kappa shape index (κ2) is 12.4. The molecule has 0 unspecified atom stereocenters. The monoisotopic (exact) mass is 505 g/mol. The molecular weight excluding hydrogens is 478 g/mol. The van der Waals surface area contributed by atoms with E-state index in [1.54, 1.807) is 37.2 Å². The average Bonchev–Trinajstić information content (AvgIpc) is 2.73. The molecule has 0 fully saturated rings. The Morgan fingerprint density at radius 2 is 1.94 bits per heavy atom. The van der Waals surface area contributed by atoms with Gasteiger partial charge < -0.3 is 15.0 Å². The van der Waals surface area contributed by atoms with Gasteiger partial charge in [0.1, 0.15) is 5.75 Å². The minimum atomic E-state index is -0.314. The van der Waals surface area contributed by atoms with Gasteiger partial charge >= 0.3 is 0 Å². The zero-order valence-corrected chi connectivity index (χ0v) is 20.4. The number of hydrogen-bond acceptors (Lipinski definition) is 4. The molecule has 0 heterocycles. The number of rotatable bonds is 9. The van der Waals surface area contributed by atoms with Gasteiger partial charge in [-0.3, -0.25) is 14.9 Å². The van der Waals surface area contributed by atoms with Gasteiger partial charge in [-0.2, -0.15) is 0 Å². The van der Waals surface area contributed by atoms with Gasteiger partial charge in [0.2, 0.25) is 5.91 Å². The summed E-state index contributed by atoms with van der Waals surface area (Å²) in [6, 6.07) is 12.8. The first-order valence-corrected chi connectivity index (χ1v) is 11.3. The van der Waals surface area contributed by atoms with E-state index in [9.17, 15) is 9.59 Å². The van der Waals surface area contributed by atoms with E-state index in [2.05, 4.69) is 33.5 Å². The highest BCUT2D eigenvalue weighted by Crippen LogP contribution is 2.26. The van der Waals surface area contributed by atoms with E-state index in [4.69, 9.17) is 17.0 Å². The lowest BCUT2D eigenvalue weighted by Crippen LogP contribution is -2.34. The summed E-state index contributed by atoms with van der Waals surface area (Å²) < 4.78 is 6.41. The molecule has 0 saturated carbocycles. The van der Waals surface area contributed by atoms with Gasteiger partial charge in [-0.25, -0.2) is 0 Å². The standard InChI is InChI=1S/C23H28BrN3O3S/c1-4-5-13-30-20-11-10-17(15-19(20)24)22(29)26-23(31)25-18-8-6-7-16(14-18)9-12-21(28)27(2)3/h6-8,10-11,14-15H,4-5,9,12-13H2,1-3H3,(H2,25,26,29,31). The fourth-order valence-electron chi connectivity index (χ4n) is 2.70. The second-order valence-electron chi connectivity index (χ2n) is 7.24. The molecule has 0 atom stereocenters. The number of amides is 2. The molecule has 31 heavy (non-hydrogen) atoms. The highest BCUT2D eigenvalue weighted by Gasteiger charge is 2.11.